The molecule has 1 amide bonds. The third-order valence-electron chi connectivity index (χ3n) is 3.41. The van der Waals surface area contributed by atoms with E-state index in [2.05, 4.69) is 10.2 Å². The van der Waals surface area contributed by atoms with Gasteiger partial charge in [0.25, 0.3) is 11.5 Å². The molecule has 104 valence electrons. The molecule has 1 aromatic heterocycles. The number of benzene rings is 1. The molecule has 20 heavy (non-hydrogen) atoms. The number of nitrogens with one attached hydrogen (secondary N) is 1. The molecule has 1 fully saturated rings. The number of nitrogens with zero attached hydrogens (tertiary/aromatic N) is 2. The molecule has 6 nitrogen and oxygen atoms in total. The molecular weight excluding hydrogens is 258 g/mol. The van der Waals surface area contributed by atoms with Gasteiger partial charge in [-0.25, -0.2) is 5.10 Å². The molecule has 2 aromatic rings. The molecule has 0 bridgehead atoms. The van der Waals surface area contributed by atoms with E-state index in [4.69, 9.17) is 4.74 Å². The zero-order valence-electron chi connectivity index (χ0n) is 11.0. The summed E-state index contributed by atoms with van der Waals surface area (Å²) in [6.07, 6.45) is 0.813. The van der Waals surface area contributed by atoms with E-state index in [1.807, 2.05) is 0 Å². The van der Waals surface area contributed by atoms with Crippen LogP contribution in [-0.4, -0.2) is 47.3 Å². The topological polar surface area (TPSA) is 75.3 Å². The maximum atomic E-state index is 12.6. The van der Waals surface area contributed by atoms with Crippen LogP contribution in [-0.2, 0) is 4.74 Å². The summed E-state index contributed by atoms with van der Waals surface area (Å²) in [7, 11) is 0. The maximum absolute atomic E-state index is 12.6. The van der Waals surface area contributed by atoms with Crippen molar-refractivity contribution in [1.29, 1.82) is 0 Å². The van der Waals surface area contributed by atoms with Gasteiger partial charge in [-0.15, -0.1) is 0 Å². The fourth-order valence-electron chi connectivity index (χ4n) is 2.38. The van der Waals surface area contributed by atoms with Crippen molar-refractivity contribution in [2.75, 3.05) is 26.3 Å². The maximum Gasteiger partial charge on any atom is 0.275 e. The van der Waals surface area contributed by atoms with Crippen LogP contribution in [0.25, 0.3) is 10.8 Å². The minimum atomic E-state index is -0.281. The molecule has 2 heterocycles. The van der Waals surface area contributed by atoms with Crippen molar-refractivity contribution in [3.8, 4) is 0 Å². The van der Waals surface area contributed by atoms with E-state index >= 15 is 0 Å². The van der Waals surface area contributed by atoms with Crippen LogP contribution in [0.2, 0.25) is 0 Å². The number of aromatic nitrogens is 2. The second-order valence-corrected chi connectivity index (χ2v) is 4.71. The molecular formula is C14H15N3O3. The SMILES string of the molecule is O=C(c1n[nH]c(=O)c2ccccc12)N1CCCOCC1. The Morgan fingerprint density at radius 3 is 2.85 bits per heavy atom. The molecule has 1 aliphatic rings. The first kappa shape index (κ1) is 12.8. The number of amides is 1. The van der Waals surface area contributed by atoms with Gasteiger partial charge in [-0.05, 0) is 12.5 Å². The van der Waals surface area contributed by atoms with Crippen LogP contribution in [0.4, 0.5) is 0 Å². The van der Waals surface area contributed by atoms with Gasteiger partial charge in [0.2, 0.25) is 0 Å². The normalized spacial score (nSPS) is 16.1. The van der Waals surface area contributed by atoms with Crippen LogP contribution in [0, 0.1) is 0 Å². The molecule has 1 aliphatic heterocycles. The van der Waals surface area contributed by atoms with E-state index in [0.29, 0.717) is 42.8 Å². The first-order valence-corrected chi connectivity index (χ1v) is 6.62. The van der Waals surface area contributed by atoms with Crippen LogP contribution >= 0.6 is 0 Å². The van der Waals surface area contributed by atoms with E-state index in [1.54, 1.807) is 29.2 Å². The first-order valence-electron chi connectivity index (χ1n) is 6.62. The van der Waals surface area contributed by atoms with Crippen molar-refractivity contribution < 1.29 is 9.53 Å². The van der Waals surface area contributed by atoms with Gasteiger partial charge in [0.05, 0.1) is 12.0 Å². The highest BCUT2D eigenvalue weighted by Crippen LogP contribution is 2.15. The Morgan fingerprint density at radius 1 is 1.20 bits per heavy atom. The van der Waals surface area contributed by atoms with Crippen LogP contribution in [0.1, 0.15) is 16.9 Å². The second kappa shape index (κ2) is 5.42. The molecule has 0 saturated carbocycles. The van der Waals surface area contributed by atoms with Gasteiger partial charge in [0, 0.05) is 25.1 Å². The quantitative estimate of drug-likeness (QED) is 0.833. The van der Waals surface area contributed by atoms with Gasteiger partial charge in [-0.3, -0.25) is 9.59 Å². The zero-order valence-corrected chi connectivity index (χ0v) is 11.0. The number of fused-ring (bicyclic) bond motifs is 1. The predicted octanol–water partition coefficient (Wildman–Crippen LogP) is 0.786. The van der Waals surface area contributed by atoms with Crippen molar-refractivity contribution in [1.82, 2.24) is 15.1 Å². The summed E-state index contributed by atoms with van der Waals surface area (Å²) in [5.41, 5.74) is 0.0125. The predicted molar refractivity (Wildman–Crippen MR) is 73.7 cm³/mol. The summed E-state index contributed by atoms with van der Waals surface area (Å²) in [4.78, 5) is 26.0. The Kier molecular flexibility index (Phi) is 3.47. The highest BCUT2D eigenvalue weighted by Gasteiger charge is 2.21. The molecule has 1 aromatic carbocycles. The van der Waals surface area contributed by atoms with Gasteiger partial charge in [0.1, 0.15) is 0 Å². The largest absolute Gasteiger partial charge is 0.380 e. The van der Waals surface area contributed by atoms with Crippen molar-refractivity contribution >= 4 is 16.7 Å². The fraction of sp³-hybridized carbons (Fsp3) is 0.357. The average Bonchev–Trinajstić information content (AvgIpc) is 2.76. The Bertz CT molecular complexity index is 687. The molecule has 1 saturated heterocycles. The van der Waals surface area contributed by atoms with Crippen LogP contribution in [0.3, 0.4) is 0 Å². The van der Waals surface area contributed by atoms with E-state index in [9.17, 15) is 9.59 Å². The van der Waals surface area contributed by atoms with Crippen molar-refractivity contribution in [2.45, 2.75) is 6.42 Å². The highest BCUT2D eigenvalue weighted by atomic mass is 16.5. The number of carbonyl (C=O) groups excluding carboxylic acids is 1. The Balaban J connectivity index is 2.03. The van der Waals surface area contributed by atoms with Crippen molar-refractivity contribution in [3.05, 3.63) is 40.3 Å². The Morgan fingerprint density at radius 2 is 2.00 bits per heavy atom. The minimum Gasteiger partial charge on any atom is -0.380 e. The number of carbonyl (C=O) groups is 1. The lowest BCUT2D eigenvalue weighted by atomic mass is 10.1. The lowest BCUT2D eigenvalue weighted by molar-refractivity contribution is 0.0736. The lowest BCUT2D eigenvalue weighted by Gasteiger charge is -2.19. The summed E-state index contributed by atoms with van der Waals surface area (Å²) in [5, 5.41) is 7.41. The molecule has 0 atom stereocenters. The van der Waals surface area contributed by atoms with Crippen molar-refractivity contribution in [3.63, 3.8) is 0 Å². The average molecular weight is 273 g/mol. The summed E-state index contributed by atoms with van der Waals surface area (Å²) in [5.74, 6) is -0.164. The number of ether oxygens (including phenoxy) is 1. The summed E-state index contributed by atoms with van der Waals surface area (Å²) < 4.78 is 5.35. The van der Waals surface area contributed by atoms with Gasteiger partial charge in [-0.1, -0.05) is 18.2 Å². The summed E-state index contributed by atoms with van der Waals surface area (Å²) >= 11 is 0. The molecule has 0 spiro atoms. The van der Waals surface area contributed by atoms with E-state index in [0.717, 1.165) is 6.42 Å². The number of hydrogen-bond acceptors (Lipinski definition) is 4. The standard InChI is InChI=1S/C14H15N3O3/c18-13-11-5-2-1-4-10(11)12(15-16-13)14(19)17-6-3-8-20-9-7-17/h1-2,4-5H,3,6-9H2,(H,16,18). The molecule has 0 unspecified atom stereocenters. The minimum absolute atomic E-state index is 0.164. The summed E-state index contributed by atoms with van der Waals surface area (Å²) in [6, 6.07) is 7.01. The van der Waals surface area contributed by atoms with Crippen molar-refractivity contribution in [2.24, 2.45) is 0 Å². The van der Waals surface area contributed by atoms with E-state index < -0.39 is 0 Å². The molecule has 1 N–H and O–H groups in total. The zero-order chi connectivity index (χ0) is 13.9. The summed E-state index contributed by atoms with van der Waals surface area (Å²) in [6.45, 7) is 2.40. The number of H-pyrrole nitrogens is 1. The van der Waals surface area contributed by atoms with Gasteiger partial charge < -0.3 is 9.64 Å². The van der Waals surface area contributed by atoms with Gasteiger partial charge in [0.15, 0.2) is 5.69 Å². The highest BCUT2D eigenvalue weighted by molar-refractivity contribution is 6.04. The number of aromatic amines is 1. The Hall–Kier alpha value is -2.21. The first-order chi connectivity index (χ1) is 9.77. The monoisotopic (exact) mass is 273 g/mol. The molecule has 6 heteroatoms. The molecule has 3 rings (SSSR count). The van der Waals surface area contributed by atoms with E-state index in [-0.39, 0.29) is 11.5 Å². The second-order valence-electron chi connectivity index (χ2n) is 4.71. The molecule has 0 radical (unpaired) electrons. The van der Waals surface area contributed by atoms with E-state index in [1.165, 1.54) is 0 Å². The number of hydrogen-bond donors (Lipinski definition) is 1. The van der Waals surface area contributed by atoms with Gasteiger partial charge >= 0.3 is 0 Å². The fourth-order valence-corrected chi connectivity index (χ4v) is 2.38. The third kappa shape index (κ3) is 2.30. The Labute approximate surface area is 115 Å². The number of rotatable bonds is 1. The van der Waals surface area contributed by atoms with Crippen LogP contribution in [0.15, 0.2) is 29.1 Å². The smallest absolute Gasteiger partial charge is 0.275 e. The van der Waals surface area contributed by atoms with Crippen LogP contribution < -0.4 is 5.56 Å². The van der Waals surface area contributed by atoms with Crippen LogP contribution in [0.5, 0.6) is 0 Å². The molecule has 0 aliphatic carbocycles. The third-order valence-corrected chi connectivity index (χ3v) is 3.41. The van der Waals surface area contributed by atoms with Gasteiger partial charge in [-0.2, -0.15) is 5.10 Å². The lowest BCUT2D eigenvalue weighted by Crippen LogP contribution is -2.34.